The molecule has 0 bridgehead atoms. The minimum absolute atomic E-state index is 0.290. The summed E-state index contributed by atoms with van der Waals surface area (Å²) in [5, 5.41) is 14.6. The first-order valence-corrected chi connectivity index (χ1v) is 7.10. The molecule has 2 rings (SSSR count). The van der Waals surface area contributed by atoms with Crippen molar-refractivity contribution >= 4 is 17.4 Å². The molecule has 0 aliphatic heterocycles. The summed E-state index contributed by atoms with van der Waals surface area (Å²) in [5.74, 6) is 0.319. The third-order valence-electron chi connectivity index (χ3n) is 3.01. The van der Waals surface area contributed by atoms with Crippen LogP contribution in [0.2, 0.25) is 0 Å². The Hall–Kier alpha value is -2.94. The van der Waals surface area contributed by atoms with E-state index in [0.29, 0.717) is 22.8 Å². The lowest BCUT2D eigenvalue weighted by Gasteiger charge is -2.07. The summed E-state index contributed by atoms with van der Waals surface area (Å²) in [5.41, 5.74) is 1.45. The predicted octanol–water partition coefficient (Wildman–Crippen LogP) is 2.81. The van der Waals surface area contributed by atoms with E-state index in [-0.39, 0.29) is 5.91 Å². The predicted molar refractivity (Wildman–Crippen MR) is 84.5 cm³/mol. The largest absolute Gasteiger partial charge is 0.370 e. The van der Waals surface area contributed by atoms with E-state index in [2.05, 4.69) is 27.5 Å². The molecule has 6 nitrogen and oxygen atoms in total. The van der Waals surface area contributed by atoms with E-state index >= 15 is 0 Å². The molecule has 0 radical (unpaired) electrons. The van der Waals surface area contributed by atoms with Gasteiger partial charge in [-0.15, -0.1) is 0 Å². The van der Waals surface area contributed by atoms with Crippen molar-refractivity contribution in [3.05, 3.63) is 47.9 Å². The Labute approximate surface area is 129 Å². The van der Waals surface area contributed by atoms with Gasteiger partial charge in [-0.25, -0.2) is 9.97 Å². The van der Waals surface area contributed by atoms with Gasteiger partial charge in [0, 0.05) is 18.3 Å². The van der Waals surface area contributed by atoms with Crippen LogP contribution in [0.4, 0.5) is 11.5 Å². The summed E-state index contributed by atoms with van der Waals surface area (Å²) in [6, 6.07) is 10.3. The molecule has 0 unspecified atom stereocenters. The van der Waals surface area contributed by atoms with E-state index in [1.807, 2.05) is 6.07 Å². The van der Waals surface area contributed by atoms with Crippen LogP contribution in [-0.2, 0) is 0 Å². The second-order valence-electron chi connectivity index (χ2n) is 4.71. The van der Waals surface area contributed by atoms with Gasteiger partial charge in [-0.3, -0.25) is 4.79 Å². The number of anilines is 2. The summed E-state index contributed by atoms with van der Waals surface area (Å²) < 4.78 is 0. The molecule has 22 heavy (non-hydrogen) atoms. The van der Waals surface area contributed by atoms with Crippen LogP contribution in [0.3, 0.4) is 0 Å². The van der Waals surface area contributed by atoms with Crippen LogP contribution in [0.5, 0.6) is 0 Å². The first-order chi connectivity index (χ1) is 10.7. The number of amides is 1. The Morgan fingerprint density at radius 1 is 1.27 bits per heavy atom. The van der Waals surface area contributed by atoms with E-state index in [1.165, 1.54) is 6.33 Å². The van der Waals surface area contributed by atoms with Gasteiger partial charge in [-0.1, -0.05) is 13.3 Å². The topological polar surface area (TPSA) is 90.7 Å². The lowest BCUT2D eigenvalue weighted by molar-refractivity contribution is 0.102. The fraction of sp³-hybridized carbons (Fsp3) is 0.250. The van der Waals surface area contributed by atoms with E-state index in [9.17, 15) is 4.79 Å². The molecular weight excluding hydrogens is 278 g/mol. The van der Waals surface area contributed by atoms with Crippen molar-refractivity contribution in [2.45, 2.75) is 19.8 Å². The molecular formula is C16H17N5O. The maximum absolute atomic E-state index is 12.2. The van der Waals surface area contributed by atoms with Crippen molar-refractivity contribution < 1.29 is 4.79 Å². The minimum atomic E-state index is -0.314. The van der Waals surface area contributed by atoms with Crippen LogP contribution in [0.1, 0.15) is 35.8 Å². The number of aromatic nitrogens is 2. The van der Waals surface area contributed by atoms with Gasteiger partial charge < -0.3 is 10.6 Å². The smallest absolute Gasteiger partial charge is 0.274 e. The van der Waals surface area contributed by atoms with Gasteiger partial charge in [0.15, 0.2) is 0 Å². The van der Waals surface area contributed by atoms with Crippen molar-refractivity contribution in [3.8, 4) is 6.07 Å². The highest BCUT2D eigenvalue weighted by Gasteiger charge is 2.09. The Balaban J connectivity index is 2.02. The maximum Gasteiger partial charge on any atom is 0.274 e. The molecule has 2 aromatic rings. The molecule has 1 aromatic carbocycles. The summed E-state index contributed by atoms with van der Waals surface area (Å²) in [6.07, 6.45) is 3.49. The van der Waals surface area contributed by atoms with Crippen LogP contribution in [0.25, 0.3) is 0 Å². The van der Waals surface area contributed by atoms with Crippen LogP contribution in [-0.4, -0.2) is 22.4 Å². The highest BCUT2D eigenvalue weighted by Crippen LogP contribution is 2.11. The average molecular weight is 295 g/mol. The SMILES string of the molecule is CCCCNc1cc(C(=O)Nc2ccc(C#N)cc2)ncn1. The van der Waals surface area contributed by atoms with Crippen LogP contribution >= 0.6 is 0 Å². The highest BCUT2D eigenvalue weighted by molar-refractivity contribution is 6.03. The molecule has 0 saturated carbocycles. The van der Waals surface area contributed by atoms with E-state index in [1.54, 1.807) is 30.3 Å². The molecule has 0 atom stereocenters. The van der Waals surface area contributed by atoms with Crippen LogP contribution < -0.4 is 10.6 Å². The number of hydrogen-bond donors (Lipinski definition) is 2. The van der Waals surface area contributed by atoms with Gasteiger partial charge in [-0.05, 0) is 30.7 Å². The average Bonchev–Trinajstić information content (AvgIpc) is 2.56. The molecule has 0 aliphatic rings. The number of unbranched alkanes of at least 4 members (excludes halogenated alkanes) is 1. The zero-order valence-corrected chi connectivity index (χ0v) is 12.3. The van der Waals surface area contributed by atoms with Crippen molar-refractivity contribution in [1.29, 1.82) is 5.26 Å². The van der Waals surface area contributed by atoms with Crippen molar-refractivity contribution in [2.75, 3.05) is 17.2 Å². The Bertz CT molecular complexity index is 676. The number of carbonyl (C=O) groups excluding carboxylic acids is 1. The first kappa shape index (κ1) is 15.4. The number of rotatable bonds is 6. The third kappa shape index (κ3) is 4.28. The van der Waals surface area contributed by atoms with Crippen LogP contribution in [0.15, 0.2) is 36.7 Å². The molecule has 0 fully saturated rings. The van der Waals surface area contributed by atoms with Crippen molar-refractivity contribution in [2.24, 2.45) is 0 Å². The van der Waals surface area contributed by atoms with Gasteiger partial charge in [-0.2, -0.15) is 5.26 Å². The van der Waals surface area contributed by atoms with Crippen molar-refractivity contribution in [3.63, 3.8) is 0 Å². The molecule has 6 heteroatoms. The first-order valence-electron chi connectivity index (χ1n) is 7.10. The molecule has 1 aromatic heterocycles. The third-order valence-corrected chi connectivity index (χ3v) is 3.01. The summed E-state index contributed by atoms with van der Waals surface area (Å²) in [6.45, 7) is 2.92. The Kier molecular flexibility index (Phi) is 5.44. The number of benzene rings is 1. The van der Waals surface area contributed by atoms with Gasteiger partial charge in [0.2, 0.25) is 0 Å². The number of hydrogen-bond acceptors (Lipinski definition) is 5. The van der Waals surface area contributed by atoms with Gasteiger partial charge in [0.25, 0.3) is 5.91 Å². The van der Waals surface area contributed by atoms with Gasteiger partial charge >= 0.3 is 0 Å². The minimum Gasteiger partial charge on any atom is -0.370 e. The van der Waals surface area contributed by atoms with E-state index in [4.69, 9.17) is 5.26 Å². The lowest BCUT2D eigenvalue weighted by Crippen LogP contribution is -2.14. The highest BCUT2D eigenvalue weighted by atomic mass is 16.1. The zero-order chi connectivity index (χ0) is 15.8. The number of nitrogens with one attached hydrogen (secondary N) is 2. The van der Waals surface area contributed by atoms with Gasteiger partial charge in [0.1, 0.15) is 17.8 Å². The fourth-order valence-corrected chi connectivity index (χ4v) is 1.79. The Morgan fingerprint density at radius 2 is 2.05 bits per heavy atom. The molecule has 112 valence electrons. The van der Waals surface area contributed by atoms with Crippen molar-refractivity contribution in [1.82, 2.24) is 9.97 Å². The van der Waals surface area contributed by atoms with Gasteiger partial charge in [0.05, 0.1) is 11.6 Å². The molecule has 2 N–H and O–H groups in total. The second-order valence-corrected chi connectivity index (χ2v) is 4.71. The second kappa shape index (κ2) is 7.74. The molecule has 0 aliphatic carbocycles. The molecule has 1 heterocycles. The Morgan fingerprint density at radius 3 is 2.73 bits per heavy atom. The standard InChI is InChI=1S/C16H17N5O/c1-2-3-8-18-15-9-14(19-11-20-15)16(22)21-13-6-4-12(10-17)5-7-13/h4-7,9,11H,2-3,8H2,1H3,(H,21,22)(H,18,19,20). The number of nitriles is 1. The maximum atomic E-state index is 12.2. The quantitative estimate of drug-likeness (QED) is 0.800. The number of nitrogens with zero attached hydrogens (tertiary/aromatic N) is 3. The van der Waals surface area contributed by atoms with Crippen LogP contribution in [0, 0.1) is 11.3 Å². The summed E-state index contributed by atoms with van der Waals surface area (Å²) in [4.78, 5) is 20.2. The zero-order valence-electron chi connectivity index (χ0n) is 12.3. The summed E-state index contributed by atoms with van der Waals surface area (Å²) >= 11 is 0. The normalized spacial score (nSPS) is 9.82. The fourth-order valence-electron chi connectivity index (χ4n) is 1.79. The number of carbonyl (C=O) groups is 1. The molecule has 0 spiro atoms. The molecule has 0 saturated heterocycles. The molecule has 1 amide bonds. The van der Waals surface area contributed by atoms with E-state index < -0.39 is 0 Å². The van der Waals surface area contributed by atoms with E-state index in [0.717, 1.165) is 19.4 Å². The lowest BCUT2D eigenvalue weighted by atomic mass is 10.2. The monoisotopic (exact) mass is 295 g/mol. The summed E-state index contributed by atoms with van der Waals surface area (Å²) in [7, 11) is 0.